The van der Waals surface area contributed by atoms with Crippen molar-refractivity contribution in [2.45, 2.75) is 38.8 Å². The molecule has 4 heteroatoms. The van der Waals surface area contributed by atoms with E-state index in [2.05, 4.69) is 24.1 Å². The Kier molecular flexibility index (Phi) is 3.97. The smallest absolute Gasteiger partial charge is 0.229 e. The highest BCUT2D eigenvalue weighted by molar-refractivity contribution is 5.83. The fraction of sp³-hybridized carbons (Fsp3) is 0.571. The molecule has 0 radical (unpaired) electrons. The lowest BCUT2D eigenvalue weighted by Crippen LogP contribution is -2.56. The molecule has 0 spiro atoms. The Morgan fingerprint density at radius 2 is 2.11 bits per heavy atom. The lowest BCUT2D eigenvalue weighted by molar-refractivity contribution is -0.134. The Morgan fingerprint density at radius 1 is 1.44 bits per heavy atom. The third kappa shape index (κ3) is 2.88. The molecular weight excluding hydrogens is 226 g/mol. The van der Waals surface area contributed by atoms with Gasteiger partial charge in [0.25, 0.3) is 0 Å². The van der Waals surface area contributed by atoms with Crippen LogP contribution in [0.4, 0.5) is 0 Å². The fourth-order valence-corrected chi connectivity index (χ4v) is 2.56. The summed E-state index contributed by atoms with van der Waals surface area (Å²) < 4.78 is 0. The van der Waals surface area contributed by atoms with Crippen molar-refractivity contribution in [2.75, 3.05) is 13.1 Å². The van der Waals surface area contributed by atoms with E-state index in [1.807, 2.05) is 24.0 Å². The number of carbonyl (C=O) groups excluding carboxylic acids is 1. The molecule has 0 aliphatic carbocycles. The second-order valence-electron chi connectivity index (χ2n) is 5.22. The number of hydrogen-bond donors (Lipinski definition) is 1. The van der Waals surface area contributed by atoms with Crippen LogP contribution in [0, 0.1) is 0 Å². The number of hydrogen-bond acceptors (Lipinski definition) is 3. The molecule has 1 amide bonds. The molecule has 4 nitrogen and oxygen atoms in total. The average molecular weight is 247 g/mol. The van der Waals surface area contributed by atoms with Gasteiger partial charge in [-0.2, -0.15) is 0 Å². The molecule has 1 fully saturated rings. The van der Waals surface area contributed by atoms with Crippen molar-refractivity contribution >= 4 is 5.91 Å². The molecule has 0 bridgehead atoms. The molecule has 18 heavy (non-hydrogen) atoms. The summed E-state index contributed by atoms with van der Waals surface area (Å²) in [5.41, 5.74) is 0.987. The van der Waals surface area contributed by atoms with Crippen LogP contribution in [0.1, 0.15) is 32.3 Å². The van der Waals surface area contributed by atoms with Crippen LogP contribution < -0.4 is 5.32 Å². The van der Waals surface area contributed by atoms with E-state index >= 15 is 0 Å². The monoisotopic (exact) mass is 247 g/mol. The first-order valence-electron chi connectivity index (χ1n) is 6.52. The summed E-state index contributed by atoms with van der Waals surface area (Å²) in [6, 6.07) is 4.56. The van der Waals surface area contributed by atoms with Gasteiger partial charge in [0.15, 0.2) is 0 Å². The van der Waals surface area contributed by atoms with Gasteiger partial charge in [-0.05, 0) is 32.4 Å². The van der Waals surface area contributed by atoms with Crippen molar-refractivity contribution < 1.29 is 4.79 Å². The van der Waals surface area contributed by atoms with Gasteiger partial charge in [-0.1, -0.05) is 6.07 Å². The van der Waals surface area contributed by atoms with Gasteiger partial charge in [-0.25, -0.2) is 0 Å². The van der Waals surface area contributed by atoms with Gasteiger partial charge >= 0.3 is 0 Å². The first-order chi connectivity index (χ1) is 8.58. The molecule has 1 N–H and O–H groups in total. The summed E-state index contributed by atoms with van der Waals surface area (Å²) in [7, 11) is 0. The predicted molar refractivity (Wildman–Crippen MR) is 71.3 cm³/mol. The molecule has 0 unspecified atom stereocenters. The number of piperazine rings is 1. The number of aromatic nitrogens is 1. The molecule has 1 aromatic rings. The minimum atomic E-state index is -0.115. The van der Waals surface area contributed by atoms with Gasteiger partial charge in [0.05, 0.1) is 5.92 Å². The summed E-state index contributed by atoms with van der Waals surface area (Å²) in [5, 5.41) is 3.44. The van der Waals surface area contributed by atoms with Gasteiger partial charge in [-0.15, -0.1) is 0 Å². The SMILES string of the molecule is C[C@@H]1CN(C(=O)[C@@H](C)c2cccnc2)C[C@H](C)N1. The van der Waals surface area contributed by atoms with E-state index < -0.39 is 0 Å². The van der Waals surface area contributed by atoms with E-state index in [-0.39, 0.29) is 11.8 Å². The molecular formula is C14H21N3O. The molecule has 2 rings (SSSR count). The zero-order valence-electron chi connectivity index (χ0n) is 11.3. The number of carbonyl (C=O) groups is 1. The number of pyridine rings is 1. The molecule has 2 heterocycles. The first-order valence-corrected chi connectivity index (χ1v) is 6.52. The summed E-state index contributed by atoms with van der Waals surface area (Å²) in [6.07, 6.45) is 3.51. The molecule has 1 aromatic heterocycles. The van der Waals surface area contributed by atoms with Crippen molar-refractivity contribution in [1.29, 1.82) is 0 Å². The van der Waals surface area contributed by atoms with Crippen molar-refractivity contribution in [3.05, 3.63) is 30.1 Å². The Labute approximate surface area is 108 Å². The third-order valence-corrected chi connectivity index (χ3v) is 3.42. The van der Waals surface area contributed by atoms with Crippen LogP contribution in [-0.2, 0) is 4.79 Å². The molecule has 0 aromatic carbocycles. The largest absolute Gasteiger partial charge is 0.339 e. The second kappa shape index (κ2) is 5.48. The highest BCUT2D eigenvalue weighted by Crippen LogP contribution is 2.18. The number of amides is 1. The summed E-state index contributed by atoms with van der Waals surface area (Å²) in [5.74, 6) is 0.0828. The average Bonchev–Trinajstić information content (AvgIpc) is 2.37. The zero-order valence-corrected chi connectivity index (χ0v) is 11.3. The number of nitrogens with one attached hydrogen (secondary N) is 1. The Morgan fingerprint density at radius 3 is 2.67 bits per heavy atom. The standard InChI is InChI=1S/C14H21N3O/c1-10-8-17(9-11(2)16-10)14(18)12(3)13-5-4-6-15-7-13/h4-7,10-12,16H,8-9H2,1-3H3/t10-,11+,12-/m0/s1. The van der Waals surface area contributed by atoms with E-state index in [0.29, 0.717) is 12.1 Å². The van der Waals surface area contributed by atoms with Crippen LogP contribution in [0.5, 0.6) is 0 Å². The van der Waals surface area contributed by atoms with Crippen LogP contribution in [-0.4, -0.2) is 41.0 Å². The maximum Gasteiger partial charge on any atom is 0.229 e. The lowest BCUT2D eigenvalue weighted by atomic mass is 10.0. The minimum Gasteiger partial charge on any atom is -0.339 e. The Bertz CT molecular complexity index is 397. The summed E-state index contributed by atoms with van der Waals surface area (Å²) in [6.45, 7) is 7.76. The summed E-state index contributed by atoms with van der Waals surface area (Å²) in [4.78, 5) is 18.5. The minimum absolute atomic E-state index is 0.115. The molecule has 1 aliphatic heterocycles. The molecule has 98 valence electrons. The normalized spacial score (nSPS) is 25.8. The van der Waals surface area contributed by atoms with Crippen LogP contribution in [0.15, 0.2) is 24.5 Å². The number of nitrogens with zero attached hydrogens (tertiary/aromatic N) is 2. The van der Waals surface area contributed by atoms with E-state index in [1.54, 1.807) is 12.4 Å². The van der Waals surface area contributed by atoms with E-state index in [9.17, 15) is 4.79 Å². The molecule has 1 aliphatic rings. The van der Waals surface area contributed by atoms with E-state index in [4.69, 9.17) is 0 Å². The maximum absolute atomic E-state index is 12.5. The van der Waals surface area contributed by atoms with E-state index in [1.165, 1.54) is 0 Å². The highest BCUT2D eigenvalue weighted by Gasteiger charge is 2.28. The lowest BCUT2D eigenvalue weighted by Gasteiger charge is -2.37. The Hall–Kier alpha value is -1.42. The van der Waals surface area contributed by atoms with Gasteiger partial charge in [0.1, 0.15) is 0 Å². The van der Waals surface area contributed by atoms with Crippen molar-refractivity contribution in [3.8, 4) is 0 Å². The van der Waals surface area contributed by atoms with Crippen molar-refractivity contribution in [1.82, 2.24) is 15.2 Å². The first kappa shape index (κ1) is 13.0. The zero-order chi connectivity index (χ0) is 13.1. The quantitative estimate of drug-likeness (QED) is 0.859. The fourth-order valence-electron chi connectivity index (χ4n) is 2.56. The maximum atomic E-state index is 12.5. The van der Waals surface area contributed by atoms with Crippen molar-refractivity contribution in [3.63, 3.8) is 0 Å². The molecule has 3 atom stereocenters. The summed E-state index contributed by atoms with van der Waals surface area (Å²) >= 11 is 0. The van der Waals surface area contributed by atoms with Gasteiger partial charge in [-0.3, -0.25) is 9.78 Å². The predicted octanol–water partition coefficient (Wildman–Crippen LogP) is 1.39. The number of rotatable bonds is 2. The van der Waals surface area contributed by atoms with Crippen LogP contribution >= 0.6 is 0 Å². The third-order valence-electron chi connectivity index (χ3n) is 3.42. The van der Waals surface area contributed by atoms with Gasteiger partial charge in [0.2, 0.25) is 5.91 Å². The molecule has 1 saturated heterocycles. The van der Waals surface area contributed by atoms with Gasteiger partial charge in [0, 0.05) is 37.6 Å². The van der Waals surface area contributed by atoms with Crippen LogP contribution in [0.3, 0.4) is 0 Å². The Balaban J connectivity index is 2.07. The van der Waals surface area contributed by atoms with E-state index in [0.717, 1.165) is 18.7 Å². The van der Waals surface area contributed by atoms with Gasteiger partial charge < -0.3 is 10.2 Å². The highest BCUT2D eigenvalue weighted by atomic mass is 16.2. The van der Waals surface area contributed by atoms with Crippen molar-refractivity contribution in [2.24, 2.45) is 0 Å². The van der Waals surface area contributed by atoms with Crippen LogP contribution in [0.25, 0.3) is 0 Å². The van der Waals surface area contributed by atoms with Crippen LogP contribution in [0.2, 0.25) is 0 Å². The topological polar surface area (TPSA) is 45.2 Å². The molecule has 0 saturated carbocycles. The second-order valence-corrected chi connectivity index (χ2v) is 5.22.